The molecule has 10 heteroatoms. The van der Waals surface area contributed by atoms with Crippen LogP contribution in [0.4, 0.5) is 18.9 Å². The Morgan fingerprint density at radius 3 is 2.37 bits per heavy atom. The molecular formula is C25H27F3N4O3. The number of nitrogens with two attached hydrogens (primary N) is 1. The molecule has 0 atom stereocenters. The lowest BCUT2D eigenvalue weighted by atomic mass is 10.0. The molecule has 0 spiro atoms. The Labute approximate surface area is 200 Å². The lowest BCUT2D eigenvalue weighted by Crippen LogP contribution is -2.28. The average Bonchev–Trinajstić information content (AvgIpc) is 3.34. The zero-order valence-electron chi connectivity index (χ0n) is 19.5. The Balaban J connectivity index is 1.95. The minimum absolute atomic E-state index is 0.328. The number of nitrogens with one attached hydrogen (secondary N) is 1. The van der Waals surface area contributed by atoms with Crippen LogP contribution in [0.3, 0.4) is 0 Å². The van der Waals surface area contributed by atoms with Crippen LogP contribution in [-0.2, 0) is 19.0 Å². The third-order valence-corrected chi connectivity index (χ3v) is 6.02. The maximum absolute atomic E-state index is 14.0. The number of halogens is 3. The van der Waals surface area contributed by atoms with Crippen molar-refractivity contribution in [2.24, 2.45) is 5.73 Å². The standard InChI is InChI=1S/C25H27F3N4O3/c1-34-17-11-15(12-18(14-17)35-2)23-19-5-3-6-20(19)24(33)32(31-23)22-13-16(30-10-4-9-29)7-8-21(22)25(26,27)28/h7-8,11-14,30H,3-6,9-10,29H2,1-2H3. The number of aromatic nitrogens is 2. The van der Waals surface area contributed by atoms with Gasteiger partial charge in [0.1, 0.15) is 11.5 Å². The molecule has 0 bridgehead atoms. The van der Waals surface area contributed by atoms with Crippen molar-refractivity contribution in [1.29, 1.82) is 0 Å². The molecule has 1 aromatic heterocycles. The number of methoxy groups -OCH3 is 2. The summed E-state index contributed by atoms with van der Waals surface area (Å²) in [5, 5.41) is 7.55. The van der Waals surface area contributed by atoms with Gasteiger partial charge in [-0.05, 0) is 68.1 Å². The fourth-order valence-corrected chi connectivity index (χ4v) is 4.31. The fourth-order valence-electron chi connectivity index (χ4n) is 4.31. The van der Waals surface area contributed by atoms with Gasteiger partial charge in [0.2, 0.25) is 0 Å². The normalized spacial score (nSPS) is 13.0. The second kappa shape index (κ2) is 9.99. The molecule has 2 aromatic carbocycles. The number of ether oxygens (including phenoxy) is 2. The predicted octanol–water partition coefficient (Wildman–Crippen LogP) is 4.18. The van der Waals surface area contributed by atoms with Crippen LogP contribution in [0.1, 0.15) is 29.5 Å². The van der Waals surface area contributed by atoms with E-state index in [0.717, 1.165) is 22.7 Å². The minimum Gasteiger partial charge on any atom is -0.497 e. The number of fused-ring (bicyclic) bond motifs is 1. The van der Waals surface area contributed by atoms with Crippen molar-refractivity contribution in [2.45, 2.75) is 31.9 Å². The van der Waals surface area contributed by atoms with E-state index in [1.165, 1.54) is 26.4 Å². The van der Waals surface area contributed by atoms with Gasteiger partial charge in [-0.3, -0.25) is 4.79 Å². The van der Waals surface area contributed by atoms with E-state index < -0.39 is 17.3 Å². The molecule has 1 aliphatic rings. The van der Waals surface area contributed by atoms with E-state index in [9.17, 15) is 18.0 Å². The highest BCUT2D eigenvalue weighted by Crippen LogP contribution is 2.37. The van der Waals surface area contributed by atoms with Crippen molar-refractivity contribution >= 4 is 5.69 Å². The van der Waals surface area contributed by atoms with E-state index in [-0.39, 0.29) is 5.69 Å². The minimum atomic E-state index is -4.68. The number of benzene rings is 2. The van der Waals surface area contributed by atoms with E-state index in [4.69, 9.17) is 15.2 Å². The number of hydrogen-bond acceptors (Lipinski definition) is 6. The SMILES string of the molecule is COc1cc(OC)cc(-c2nn(-c3cc(NCCCN)ccc3C(F)(F)F)c(=O)c3c2CCC3)c1. The van der Waals surface area contributed by atoms with Gasteiger partial charge >= 0.3 is 6.18 Å². The molecule has 186 valence electrons. The van der Waals surface area contributed by atoms with Gasteiger partial charge in [-0.15, -0.1) is 0 Å². The average molecular weight is 489 g/mol. The van der Waals surface area contributed by atoms with E-state index in [1.807, 2.05) is 0 Å². The van der Waals surface area contributed by atoms with Crippen molar-refractivity contribution in [3.8, 4) is 28.4 Å². The summed E-state index contributed by atoms with van der Waals surface area (Å²) in [7, 11) is 3.02. The lowest BCUT2D eigenvalue weighted by molar-refractivity contribution is -0.137. The molecule has 0 saturated heterocycles. The Hall–Kier alpha value is -3.53. The Morgan fingerprint density at radius 1 is 1.06 bits per heavy atom. The van der Waals surface area contributed by atoms with Crippen LogP contribution in [0, 0.1) is 0 Å². The van der Waals surface area contributed by atoms with Crippen molar-refractivity contribution in [3.05, 3.63) is 63.4 Å². The Bertz CT molecular complexity index is 1270. The first-order chi connectivity index (χ1) is 16.8. The highest BCUT2D eigenvalue weighted by molar-refractivity contribution is 5.69. The van der Waals surface area contributed by atoms with Crippen molar-refractivity contribution in [2.75, 3.05) is 32.6 Å². The third-order valence-electron chi connectivity index (χ3n) is 6.02. The van der Waals surface area contributed by atoms with Crippen LogP contribution in [0.25, 0.3) is 16.9 Å². The molecule has 0 amide bonds. The summed E-state index contributed by atoms with van der Waals surface area (Å²) in [6.07, 6.45) is -2.22. The summed E-state index contributed by atoms with van der Waals surface area (Å²) < 4.78 is 53.6. The maximum Gasteiger partial charge on any atom is 0.418 e. The van der Waals surface area contributed by atoms with E-state index in [1.54, 1.807) is 18.2 Å². The van der Waals surface area contributed by atoms with Crippen molar-refractivity contribution in [3.63, 3.8) is 0 Å². The van der Waals surface area contributed by atoms with Gasteiger partial charge in [0, 0.05) is 29.4 Å². The monoisotopic (exact) mass is 488 g/mol. The van der Waals surface area contributed by atoms with Gasteiger partial charge in [-0.25, -0.2) is 0 Å². The molecule has 0 unspecified atom stereocenters. The van der Waals surface area contributed by atoms with Gasteiger partial charge < -0.3 is 20.5 Å². The molecule has 35 heavy (non-hydrogen) atoms. The first kappa shape index (κ1) is 24.6. The number of hydrogen-bond donors (Lipinski definition) is 2. The quantitative estimate of drug-likeness (QED) is 0.462. The third kappa shape index (κ3) is 4.97. The second-order valence-corrected chi connectivity index (χ2v) is 8.28. The molecular weight excluding hydrogens is 461 g/mol. The highest BCUT2D eigenvalue weighted by atomic mass is 19.4. The lowest BCUT2D eigenvalue weighted by Gasteiger charge is -2.18. The van der Waals surface area contributed by atoms with Crippen LogP contribution < -0.4 is 26.1 Å². The van der Waals surface area contributed by atoms with Crippen molar-refractivity contribution < 1.29 is 22.6 Å². The van der Waals surface area contributed by atoms with Gasteiger partial charge in [-0.2, -0.15) is 23.0 Å². The molecule has 1 heterocycles. The summed E-state index contributed by atoms with van der Waals surface area (Å²) in [4.78, 5) is 13.4. The number of rotatable bonds is 8. The molecule has 0 saturated carbocycles. The molecule has 7 nitrogen and oxygen atoms in total. The van der Waals surface area contributed by atoms with Crippen LogP contribution in [-0.4, -0.2) is 37.1 Å². The first-order valence-electron chi connectivity index (χ1n) is 11.3. The Morgan fingerprint density at radius 2 is 1.74 bits per heavy atom. The van der Waals surface area contributed by atoms with E-state index >= 15 is 0 Å². The van der Waals surface area contributed by atoms with Gasteiger partial charge in [0.15, 0.2) is 0 Å². The molecule has 3 aromatic rings. The molecule has 0 aliphatic heterocycles. The highest BCUT2D eigenvalue weighted by Gasteiger charge is 2.35. The number of nitrogens with zero attached hydrogens (tertiary/aromatic N) is 2. The van der Waals surface area contributed by atoms with Crippen molar-refractivity contribution in [1.82, 2.24) is 9.78 Å². The van der Waals surface area contributed by atoms with Crippen LogP contribution in [0.15, 0.2) is 41.2 Å². The van der Waals surface area contributed by atoms with E-state index in [0.29, 0.717) is 66.4 Å². The van der Waals surface area contributed by atoms with Crippen LogP contribution in [0.5, 0.6) is 11.5 Å². The zero-order valence-corrected chi connectivity index (χ0v) is 19.5. The number of anilines is 1. The molecule has 0 radical (unpaired) electrons. The molecule has 4 rings (SSSR count). The van der Waals surface area contributed by atoms with Gasteiger partial charge in [-0.1, -0.05) is 0 Å². The predicted molar refractivity (Wildman–Crippen MR) is 128 cm³/mol. The first-order valence-corrected chi connectivity index (χ1v) is 11.3. The molecule has 0 fully saturated rings. The summed E-state index contributed by atoms with van der Waals surface area (Å²) in [5.74, 6) is 1.01. The van der Waals surface area contributed by atoms with Crippen LogP contribution in [0.2, 0.25) is 0 Å². The smallest absolute Gasteiger partial charge is 0.418 e. The molecule has 1 aliphatic carbocycles. The number of alkyl halides is 3. The van der Waals surface area contributed by atoms with Crippen LogP contribution >= 0.6 is 0 Å². The Kier molecular flexibility index (Phi) is 7.02. The summed E-state index contributed by atoms with van der Waals surface area (Å²) in [6, 6.07) is 8.77. The van der Waals surface area contributed by atoms with Gasteiger partial charge in [0.05, 0.1) is 31.2 Å². The maximum atomic E-state index is 14.0. The fraction of sp³-hybridized carbons (Fsp3) is 0.360. The topological polar surface area (TPSA) is 91.4 Å². The summed E-state index contributed by atoms with van der Waals surface area (Å²) in [6.45, 7) is 0.933. The summed E-state index contributed by atoms with van der Waals surface area (Å²) >= 11 is 0. The largest absolute Gasteiger partial charge is 0.497 e. The molecule has 3 N–H and O–H groups in total. The second-order valence-electron chi connectivity index (χ2n) is 8.28. The van der Waals surface area contributed by atoms with Gasteiger partial charge in [0.25, 0.3) is 5.56 Å². The zero-order chi connectivity index (χ0) is 25.2. The summed E-state index contributed by atoms with van der Waals surface area (Å²) in [5.41, 5.74) is 6.40. The van der Waals surface area contributed by atoms with E-state index in [2.05, 4.69) is 10.4 Å².